The monoisotopic (exact) mass is 209 g/mol. The number of alkyl halides is 1. The Hall–Kier alpha value is -0.0900. The molecule has 0 saturated carbocycles. The number of carbonyl (C=O) groups excluding carboxylic acids is 1. The van der Waals surface area contributed by atoms with Crippen molar-refractivity contribution in [3.8, 4) is 0 Å². The highest BCUT2D eigenvalue weighted by molar-refractivity contribution is 9.09. The Kier molecular flexibility index (Phi) is 5.63. The van der Waals surface area contributed by atoms with E-state index in [4.69, 9.17) is 4.74 Å². The lowest BCUT2D eigenvalue weighted by molar-refractivity contribution is -0.127. The Morgan fingerprint density at radius 1 is 1.70 bits per heavy atom. The van der Waals surface area contributed by atoms with Gasteiger partial charge in [0.05, 0.1) is 11.9 Å². The zero-order valence-corrected chi connectivity index (χ0v) is 7.85. The van der Waals surface area contributed by atoms with Gasteiger partial charge in [0.2, 0.25) is 5.91 Å². The van der Waals surface area contributed by atoms with Gasteiger partial charge in [-0.3, -0.25) is 4.79 Å². The van der Waals surface area contributed by atoms with Crippen molar-refractivity contribution in [1.29, 1.82) is 0 Å². The van der Waals surface area contributed by atoms with Gasteiger partial charge in [-0.15, -0.1) is 0 Å². The summed E-state index contributed by atoms with van der Waals surface area (Å²) < 4.78 is 4.80. The van der Waals surface area contributed by atoms with Gasteiger partial charge in [-0.05, 0) is 0 Å². The van der Waals surface area contributed by atoms with Crippen LogP contribution in [0, 0.1) is 0 Å². The molecule has 0 heterocycles. The highest BCUT2D eigenvalue weighted by Gasteiger charge is 2.04. The molecule has 0 aromatic rings. The number of methoxy groups -OCH3 is 1. The van der Waals surface area contributed by atoms with Gasteiger partial charge in [0, 0.05) is 20.7 Å². The van der Waals surface area contributed by atoms with Crippen molar-refractivity contribution in [3.63, 3.8) is 0 Å². The van der Waals surface area contributed by atoms with Crippen molar-refractivity contribution in [2.75, 3.05) is 32.6 Å². The van der Waals surface area contributed by atoms with E-state index in [0.717, 1.165) is 0 Å². The number of hydrogen-bond acceptors (Lipinski definition) is 2. The summed E-state index contributed by atoms with van der Waals surface area (Å²) in [4.78, 5) is 12.5. The summed E-state index contributed by atoms with van der Waals surface area (Å²) in [5, 5.41) is 0.382. The Morgan fingerprint density at radius 3 is 2.70 bits per heavy atom. The summed E-state index contributed by atoms with van der Waals surface area (Å²) in [5.74, 6) is 0.0806. The molecule has 0 bridgehead atoms. The maximum absolute atomic E-state index is 10.8. The largest absolute Gasteiger partial charge is 0.383 e. The highest BCUT2D eigenvalue weighted by Crippen LogP contribution is 1.88. The average Bonchev–Trinajstić information content (AvgIpc) is 1.98. The van der Waals surface area contributed by atoms with Crippen LogP contribution in [0.1, 0.15) is 0 Å². The molecule has 0 saturated heterocycles. The van der Waals surface area contributed by atoms with Crippen LogP contribution in [0.5, 0.6) is 0 Å². The zero-order valence-electron chi connectivity index (χ0n) is 6.26. The second kappa shape index (κ2) is 5.68. The van der Waals surface area contributed by atoms with Gasteiger partial charge in [-0.2, -0.15) is 0 Å². The van der Waals surface area contributed by atoms with E-state index >= 15 is 0 Å². The van der Waals surface area contributed by atoms with Crippen molar-refractivity contribution in [1.82, 2.24) is 4.90 Å². The molecule has 4 heteroatoms. The number of amides is 1. The minimum absolute atomic E-state index is 0.0806. The Morgan fingerprint density at radius 2 is 2.30 bits per heavy atom. The second-order valence-electron chi connectivity index (χ2n) is 1.94. The molecule has 0 aliphatic carbocycles. The molecule has 3 nitrogen and oxygen atoms in total. The van der Waals surface area contributed by atoms with Crippen LogP contribution in [0.15, 0.2) is 0 Å². The fourth-order valence-electron chi connectivity index (χ4n) is 0.455. The first-order chi connectivity index (χ1) is 4.72. The molecule has 0 unspecified atom stereocenters. The van der Waals surface area contributed by atoms with Gasteiger partial charge < -0.3 is 9.64 Å². The molecular formula is C6H12BrNO2. The van der Waals surface area contributed by atoms with E-state index in [1.54, 1.807) is 19.1 Å². The molecule has 60 valence electrons. The zero-order chi connectivity index (χ0) is 7.98. The molecule has 0 fully saturated rings. The van der Waals surface area contributed by atoms with E-state index in [-0.39, 0.29) is 5.91 Å². The third-order valence-corrected chi connectivity index (χ3v) is 1.65. The van der Waals surface area contributed by atoms with Crippen molar-refractivity contribution >= 4 is 21.8 Å². The maximum atomic E-state index is 10.8. The van der Waals surface area contributed by atoms with Gasteiger partial charge in [0.25, 0.3) is 0 Å². The lowest BCUT2D eigenvalue weighted by Gasteiger charge is -2.14. The number of nitrogens with zero attached hydrogens (tertiary/aromatic N) is 1. The molecule has 0 radical (unpaired) electrons. The maximum Gasteiger partial charge on any atom is 0.233 e. The van der Waals surface area contributed by atoms with Crippen LogP contribution in [0.4, 0.5) is 0 Å². The Balaban J connectivity index is 3.41. The van der Waals surface area contributed by atoms with E-state index in [1.807, 2.05) is 0 Å². The minimum atomic E-state index is 0.0806. The minimum Gasteiger partial charge on any atom is -0.383 e. The van der Waals surface area contributed by atoms with Gasteiger partial charge in [-0.25, -0.2) is 0 Å². The van der Waals surface area contributed by atoms with Crippen LogP contribution < -0.4 is 0 Å². The number of hydrogen-bond donors (Lipinski definition) is 0. The topological polar surface area (TPSA) is 29.5 Å². The molecule has 0 N–H and O–H groups in total. The quantitative estimate of drug-likeness (QED) is 0.632. The molecule has 0 aliphatic rings. The van der Waals surface area contributed by atoms with Crippen molar-refractivity contribution < 1.29 is 9.53 Å². The summed E-state index contributed by atoms with van der Waals surface area (Å²) in [7, 11) is 3.37. The number of likely N-dealkylation sites (N-methyl/N-ethyl adjacent to an activating group) is 1. The summed E-state index contributed by atoms with van der Waals surface area (Å²) in [6.07, 6.45) is 0. The predicted octanol–water partition coefficient (Wildman–Crippen LogP) is 0.486. The highest BCUT2D eigenvalue weighted by atomic mass is 79.9. The fourth-order valence-corrected chi connectivity index (χ4v) is 0.883. The molecule has 0 aliphatic heterocycles. The molecule has 0 aromatic carbocycles. The number of rotatable bonds is 4. The van der Waals surface area contributed by atoms with E-state index < -0.39 is 0 Å². The van der Waals surface area contributed by atoms with Crippen LogP contribution in [0.25, 0.3) is 0 Å². The van der Waals surface area contributed by atoms with Crippen molar-refractivity contribution in [2.45, 2.75) is 0 Å². The number of carbonyl (C=O) groups is 1. The van der Waals surface area contributed by atoms with E-state index in [1.165, 1.54) is 0 Å². The molecule has 0 rings (SSSR count). The normalized spacial score (nSPS) is 9.50. The summed E-state index contributed by atoms with van der Waals surface area (Å²) in [6.45, 7) is 1.25. The van der Waals surface area contributed by atoms with Crippen molar-refractivity contribution in [2.24, 2.45) is 0 Å². The standard InChI is InChI=1S/C6H12BrNO2/c1-8(3-4-10-2)6(9)5-7/h3-5H2,1-2H3. The van der Waals surface area contributed by atoms with Crippen LogP contribution in [0.2, 0.25) is 0 Å². The van der Waals surface area contributed by atoms with Crippen molar-refractivity contribution in [3.05, 3.63) is 0 Å². The Labute approximate surface area is 69.5 Å². The van der Waals surface area contributed by atoms with Crippen LogP contribution >= 0.6 is 15.9 Å². The van der Waals surface area contributed by atoms with Gasteiger partial charge >= 0.3 is 0 Å². The molecule has 0 spiro atoms. The fraction of sp³-hybridized carbons (Fsp3) is 0.833. The predicted molar refractivity (Wildman–Crippen MR) is 43.3 cm³/mol. The summed E-state index contributed by atoms with van der Waals surface area (Å²) in [6, 6.07) is 0. The first-order valence-electron chi connectivity index (χ1n) is 3.01. The average molecular weight is 210 g/mol. The first kappa shape index (κ1) is 9.91. The SMILES string of the molecule is COCCN(C)C(=O)CBr. The van der Waals surface area contributed by atoms with Gasteiger partial charge in [0.15, 0.2) is 0 Å². The number of ether oxygens (including phenoxy) is 1. The second-order valence-corrected chi connectivity index (χ2v) is 2.50. The van der Waals surface area contributed by atoms with Crippen LogP contribution in [-0.2, 0) is 9.53 Å². The third kappa shape index (κ3) is 3.85. The van der Waals surface area contributed by atoms with E-state index in [9.17, 15) is 4.79 Å². The molecule has 10 heavy (non-hydrogen) atoms. The van der Waals surface area contributed by atoms with E-state index in [0.29, 0.717) is 18.5 Å². The Bertz CT molecular complexity index is 108. The summed E-state index contributed by atoms with van der Waals surface area (Å²) >= 11 is 3.08. The van der Waals surface area contributed by atoms with Crippen LogP contribution in [-0.4, -0.2) is 43.4 Å². The van der Waals surface area contributed by atoms with Crippen LogP contribution in [0.3, 0.4) is 0 Å². The molecule has 1 amide bonds. The lowest BCUT2D eigenvalue weighted by Crippen LogP contribution is -2.30. The first-order valence-corrected chi connectivity index (χ1v) is 4.13. The van der Waals surface area contributed by atoms with E-state index in [2.05, 4.69) is 15.9 Å². The smallest absolute Gasteiger partial charge is 0.233 e. The number of halogens is 1. The third-order valence-electron chi connectivity index (χ3n) is 1.17. The molecule has 0 atom stereocenters. The summed E-state index contributed by atoms with van der Waals surface area (Å²) in [5.41, 5.74) is 0. The van der Waals surface area contributed by atoms with Gasteiger partial charge in [-0.1, -0.05) is 15.9 Å². The molecule has 0 aromatic heterocycles. The lowest BCUT2D eigenvalue weighted by atomic mass is 10.5. The molecular weight excluding hydrogens is 198 g/mol. The van der Waals surface area contributed by atoms with Gasteiger partial charge in [0.1, 0.15) is 0 Å².